The highest BCUT2D eigenvalue weighted by Gasteiger charge is 2.31. The summed E-state index contributed by atoms with van der Waals surface area (Å²) in [6.45, 7) is 5.54. The lowest BCUT2D eigenvalue weighted by molar-refractivity contribution is 0.131. The van der Waals surface area contributed by atoms with Crippen molar-refractivity contribution in [3.8, 4) is 0 Å². The molecule has 1 aromatic heterocycles. The minimum Gasteiger partial charge on any atom is -0.396 e. The average Bonchev–Trinajstić information content (AvgIpc) is 3.25. The lowest BCUT2D eigenvalue weighted by atomic mass is 9.72. The Morgan fingerprint density at radius 3 is 2.71 bits per heavy atom. The van der Waals surface area contributed by atoms with Crippen LogP contribution in [0.1, 0.15) is 63.3 Å². The normalized spacial score (nSPS) is 16.3. The maximum absolute atomic E-state index is 9.57. The maximum Gasteiger partial charge on any atom is 0.191 e. The van der Waals surface area contributed by atoms with E-state index in [4.69, 9.17) is 4.99 Å². The second kappa shape index (κ2) is 12.5. The summed E-state index contributed by atoms with van der Waals surface area (Å²) in [5, 5.41) is 16.5. The van der Waals surface area contributed by atoms with E-state index >= 15 is 0 Å². The topological polar surface area (TPSA) is 74.5 Å². The molecule has 0 aliphatic heterocycles. The SMILES string of the molecule is CCNC(=NCc1nccn1CCCc1ccccc1)NCC1(CCO)CCCCC1. The zero-order valence-electron chi connectivity index (χ0n) is 19.0. The molecule has 1 aliphatic carbocycles. The molecule has 1 fully saturated rings. The summed E-state index contributed by atoms with van der Waals surface area (Å²) >= 11 is 0. The Morgan fingerprint density at radius 1 is 1.16 bits per heavy atom. The number of aryl methyl sites for hydroxylation is 2. The summed E-state index contributed by atoms with van der Waals surface area (Å²) in [5.74, 6) is 1.83. The second-order valence-electron chi connectivity index (χ2n) is 8.71. The van der Waals surface area contributed by atoms with Gasteiger partial charge in [0.05, 0.1) is 0 Å². The predicted octanol–water partition coefficient (Wildman–Crippen LogP) is 3.90. The summed E-state index contributed by atoms with van der Waals surface area (Å²) in [7, 11) is 0. The fourth-order valence-corrected chi connectivity index (χ4v) is 4.61. The van der Waals surface area contributed by atoms with Crippen LogP contribution in [0.3, 0.4) is 0 Å². The van der Waals surface area contributed by atoms with Gasteiger partial charge in [0.15, 0.2) is 5.96 Å². The number of hydrogen-bond acceptors (Lipinski definition) is 3. The first kappa shape index (κ1) is 23.3. The van der Waals surface area contributed by atoms with Crippen molar-refractivity contribution >= 4 is 5.96 Å². The second-order valence-corrected chi connectivity index (χ2v) is 8.71. The van der Waals surface area contributed by atoms with Crippen LogP contribution in [0.4, 0.5) is 0 Å². The highest BCUT2D eigenvalue weighted by molar-refractivity contribution is 5.79. The summed E-state index contributed by atoms with van der Waals surface area (Å²) in [6, 6.07) is 10.6. The Hall–Kier alpha value is -2.34. The molecule has 3 rings (SSSR count). The van der Waals surface area contributed by atoms with Crippen LogP contribution in [-0.2, 0) is 19.5 Å². The number of nitrogens with one attached hydrogen (secondary N) is 2. The van der Waals surface area contributed by atoms with Crippen molar-refractivity contribution in [2.24, 2.45) is 10.4 Å². The van der Waals surface area contributed by atoms with Gasteiger partial charge in [-0.2, -0.15) is 0 Å². The minimum absolute atomic E-state index is 0.194. The molecule has 0 saturated heterocycles. The molecule has 0 amide bonds. The van der Waals surface area contributed by atoms with Gasteiger partial charge in [0.25, 0.3) is 0 Å². The maximum atomic E-state index is 9.57. The number of aliphatic hydroxyl groups excluding tert-OH is 1. The van der Waals surface area contributed by atoms with E-state index in [0.717, 1.165) is 50.7 Å². The van der Waals surface area contributed by atoms with Gasteiger partial charge in [0.2, 0.25) is 0 Å². The molecule has 1 heterocycles. The molecule has 1 aromatic carbocycles. The Kier molecular flexibility index (Phi) is 9.40. The highest BCUT2D eigenvalue weighted by Crippen LogP contribution is 2.38. The molecule has 31 heavy (non-hydrogen) atoms. The Balaban J connectivity index is 1.54. The lowest BCUT2D eigenvalue weighted by Crippen LogP contribution is -2.45. The number of rotatable bonds is 11. The van der Waals surface area contributed by atoms with Crippen molar-refractivity contribution in [3.63, 3.8) is 0 Å². The van der Waals surface area contributed by atoms with Gasteiger partial charge in [-0.05, 0) is 50.0 Å². The predicted molar refractivity (Wildman–Crippen MR) is 127 cm³/mol. The van der Waals surface area contributed by atoms with E-state index in [1.165, 1.54) is 37.7 Å². The molecule has 1 saturated carbocycles. The monoisotopic (exact) mass is 425 g/mol. The first-order valence-corrected chi connectivity index (χ1v) is 11.9. The van der Waals surface area contributed by atoms with Gasteiger partial charge >= 0.3 is 0 Å². The first-order valence-electron chi connectivity index (χ1n) is 11.9. The molecule has 0 bridgehead atoms. The summed E-state index contributed by atoms with van der Waals surface area (Å²) in [4.78, 5) is 9.34. The van der Waals surface area contributed by atoms with Gasteiger partial charge in [-0.1, -0.05) is 49.6 Å². The van der Waals surface area contributed by atoms with Gasteiger partial charge in [-0.15, -0.1) is 0 Å². The molecule has 0 unspecified atom stereocenters. The van der Waals surface area contributed by atoms with E-state index < -0.39 is 0 Å². The highest BCUT2D eigenvalue weighted by atomic mass is 16.3. The number of nitrogens with zero attached hydrogens (tertiary/aromatic N) is 3. The van der Waals surface area contributed by atoms with Crippen LogP contribution < -0.4 is 10.6 Å². The zero-order chi connectivity index (χ0) is 21.8. The van der Waals surface area contributed by atoms with E-state index in [1.807, 2.05) is 6.20 Å². The van der Waals surface area contributed by atoms with Gasteiger partial charge in [0, 0.05) is 38.6 Å². The van der Waals surface area contributed by atoms with E-state index in [1.54, 1.807) is 0 Å². The van der Waals surface area contributed by atoms with E-state index in [2.05, 4.69) is 63.6 Å². The van der Waals surface area contributed by atoms with Crippen LogP contribution in [0.25, 0.3) is 0 Å². The third kappa shape index (κ3) is 7.39. The van der Waals surface area contributed by atoms with Crippen LogP contribution in [0.2, 0.25) is 0 Å². The number of imidazole rings is 1. The number of aromatic nitrogens is 2. The summed E-state index contributed by atoms with van der Waals surface area (Å²) in [5.41, 5.74) is 1.57. The molecule has 170 valence electrons. The van der Waals surface area contributed by atoms with Crippen molar-refractivity contribution in [3.05, 3.63) is 54.1 Å². The summed E-state index contributed by atoms with van der Waals surface area (Å²) < 4.78 is 2.21. The van der Waals surface area contributed by atoms with Crippen LogP contribution >= 0.6 is 0 Å². The van der Waals surface area contributed by atoms with Crippen LogP contribution in [-0.4, -0.2) is 40.3 Å². The van der Waals surface area contributed by atoms with E-state index in [9.17, 15) is 5.11 Å². The standard InChI is InChI=1S/C25H39N5O/c1-2-26-24(29-21-25(15-19-31)13-7-4-8-14-25)28-20-23-27-16-18-30(23)17-9-12-22-10-5-3-6-11-22/h3,5-6,10-11,16,18,31H,2,4,7-9,12-15,17,19-21H2,1H3,(H2,26,28,29). The molecular weight excluding hydrogens is 386 g/mol. The van der Waals surface area contributed by atoms with Gasteiger partial charge < -0.3 is 20.3 Å². The molecule has 0 atom stereocenters. The number of benzene rings is 1. The van der Waals surface area contributed by atoms with Gasteiger partial charge in [-0.25, -0.2) is 9.98 Å². The quantitative estimate of drug-likeness (QED) is 0.377. The Labute approximate surface area is 187 Å². The lowest BCUT2D eigenvalue weighted by Gasteiger charge is -2.37. The van der Waals surface area contributed by atoms with Crippen LogP contribution in [0, 0.1) is 5.41 Å². The average molecular weight is 426 g/mol. The van der Waals surface area contributed by atoms with Crippen LogP contribution in [0.5, 0.6) is 0 Å². The molecule has 6 heteroatoms. The van der Waals surface area contributed by atoms with Gasteiger partial charge in [0.1, 0.15) is 12.4 Å². The minimum atomic E-state index is 0.194. The number of guanidine groups is 1. The molecule has 0 radical (unpaired) electrons. The molecule has 3 N–H and O–H groups in total. The third-order valence-electron chi connectivity index (χ3n) is 6.42. The van der Waals surface area contributed by atoms with Crippen molar-refractivity contribution in [2.75, 3.05) is 19.7 Å². The molecule has 0 spiro atoms. The molecule has 6 nitrogen and oxygen atoms in total. The Morgan fingerprint density at radius 2 is 1.97 bits per heavy atom. The summed E-state index contributed by atoms with van der Waals surface area (Å²) in [6.07, 6.45) is 13.1. The van der Waals surface area contributed by atoms with Crippen molar-refractivity contribution in [1.29, 1.82) is 0 Å². The first-order chi connectivity index (χ1) is 15.2. The van der Waals surface area contributed by atoms with E-state index in [0.29, 0.717) is 6.54 Å². The molecule has 1 aliphatic rings. The zero-order valence-corrected chi connectivity index (χ0v) is 19.0. The number of aliphatic hydroxyl groups is 1. The van der Waals surface area contributed by atoms with Crippen molar-refractivity contribution in [1.82, 2.24) is 20.2 Å². The van der Waals surface area contributed by atoms with Crippen LogP contribution in [0.15, 0.2) is 47.7 Å². The van der Waals surface area contributed by atoms with Gasteiger partial charge in [-0.3, -0.25) is 0 Å². The van der Waals surface area contributed by atoms with Crippen molar-refractivity contribution < 1.29 is 5.11 Å². The molecular formula is C25H39N5O. The van der Waals surface area contributed by atoms with Crippen molar-refractivity contribution in [2.45, 2.75) is 71.4 Å². The third-order valence-corrected chi connectivity index (χ3v) is 6.42. The Bertz CT molecular complexity index is 775. The fourth-order valence-electron chi connectivity index (χ4n) is 4.61. The number of aliphatic imine (C=N–C) groups is 1. The number of hydrogen-bond donors (Lipinski definition) is 3. The molecule has 2 aromatic rings. The van der Waals surface area contributed by atoms with E-state index in [-0.39, 0.29) is 12.0 Å². The fraction of sp³-hybridized carbons (Fsp3) is 0.600. The largest absolute Gasteiger partial charge is 0.396 e. The smallest absolute Gasteiger partial charge is 0.191 e.